The van der Waals surface area contributed by atoms with Crippen LogP contribution in [0, 0.1) is 19.7 Å². The molecule has 0 radical (unpaired) electrons. The van der Waals surface area contributed by atoms with Crippen LogP contribution in [0.4, 0.5) is 22.0 Å². The van der Waals surface area contributed by atoms with Gasteiger partial charge in [0.1, 0.15) is 11.4 Å². The van der Waals surface area contributed by atoms with Crippen LogP contribution in [0.15, 0.2) is 42.9 Å². The maximum Gasteiger partial charge on any atom is 0.227 e. The number of carbonyl (C=O) groups excluding carboxylic acids is 1. The first-order valence-corrected chi connectivity index (χ1v) is 12.9. The van der Waals surface area contributed by atoms with Crippen molar-refractivity contribution >= 4 is 23.4 Å². The molecular weight excluding hydrogens is 501 g/mol. The number of pyridine rings is 1. The molecule has 4 aromatic rings. The maximum absolute atomic E-state index is 13.5. The minimum absolute atomic E-state index is 0.0575. The van der Waals surface area contributed by atoms with E-state index in [1.54, 1.807) is 19.4 Å². The minimum Gasteiger partial charge on any atom is -0.370 e. The zero-order valence-corrected chi connectivity index (χ0v) is 22.5. The first kappa shape index (κ1) is 26.4. The Hall–Kier alpha value is -4.19. The van der Waals surface area contributed by atoms with Crippen LogP contribution >= 0.6 is 0 Å². The van der Waals surface area contributed by atoms with E-state index in [1.807, 2.05) is 39.0 Å². The van der Waals surface area contributed by atoms with E-state index in [-0.39, 0.29) is 11.7 Å². The molecule has 0 aromatic carbocycles. The van der Waals surface area contributed by atoms with Gasteiger partial charge in [-0.05, 0) is 31.4 Å². The summed E-state index contributed by atoms with van der Waals surface area (Å²) in [5, 5.41) is 14.3. The summed E-state index contributed by atoms with van der Waals surface area (Å²) in [6, 6.07) is 7.44. The number of anilines is 3. The molecule has 11 nitrogen and oxygen atoms in total. The molecule has 0 saturated carbocycles. The molecule has 5 heterocycles. The first-order chi connectivity index (χ1) is 18.7. The summed E-state index contributed by atoms with van der Waals surface area (Å²) in [5.74, 6) is 2.06. The van der Waals surface area contributed by atoms with Gasteiger partial charge in [0.25, 0.3) is 0 Å². The number of aromatic nitrogens is 7. The molecule has 1 fully saturated rings. The number of aromatic amines is 1. The zero-order chi connectivity index (χ0) is 27.6. The number of nitrogens with one attached hydrogen (secondary N) is 2. The molecule has 1 saturated heterocycles. The van der Waals surface area contributed by atoms with Gasteiger partial charge in [0, 0.05) is 69.2 Å². The van der Waals surface area contributed by atoms with Crippen molar-refractivity contribution in [3.8, 4) is 5.82 Å². The fourth-order valence-electron chi connectivity index (χ4n) is 4.87. The van der Waals surface area contributed by atoms with Crippen molar-refractivity contribution in [2.45, 2.75) is 51.6 Å². The highest BCUT2D eigenvalue weighted by Gasteiger charge is 2.42. The van der Waals surface area contributed by atoms with Crippen molar-refractivity contribution in [2.75, 3.05) is 30.4 Å². The SMILES string of the molecule is COC1(C(=O)C[C@@H](C)c2ccc(-n3cc(F)cn3)nc2)CCN(c2nc(C)cc(Nc3cc(C)[nH]n3)n2)CC1. The summed E-state index contributed by atoms with van der Waals surface area (Å²) >= 11 is 0. The van der Waals surface area contributed by atoms with Crippen LogP contribution in [-0.4, -0.2) is 66.5 Å². The Kier molecular flexibility index (Phi) is 7.38. The van der Waals surface area contributed by atoms with E-state index in [0.29, 0.717) is 55.8 Å². The number of aryl methyl sites for hydroxylation is 2. The van der Waals surface area contributed by atoms with Crippen molar-refractivity contribution < 1.29 is 13.9 Å². The number of hydrogen-bond acceptors (Lipinski definition) is 9. The second kappa shape index (κ2) is 10.9. The van der Waals surface area contributed by atoms with Crippen molar-refractivity contribution in [2.24, 2.45) is 0 Å². The van der Waals surface area contributed by atoms with Gasteiger partial charge in [0.2, 0.25) is 5.95 Å². The lowest BCUT2D eigenvalue weighted by molar-refractivity contribution is -0.144. The Bertz CT molecular complexity index is 1440. The van der Waals surface area contributed by atoms with Crippen LogP contribution in [-0.2, 0) is 9.53 Å². The minimum atomic E-state index is -0.859. The van der Waals surface area contributed by atoms with E-state index >= 15 is 0 Å². The van der Waals surface area contributed by atoms with Crippen LogP contribution < -0.4 is 10.2 Å². The van der Waals surface area contributed by atoms with Gasteiger partial charge in [0.15, 0.2) is 23.2 Å². The Morgan fingerprint density at radius 2 is 1.97 bits per heavy atom. The fraction of sp³-hybridized carbons (Fsp3) is 0.407. The highest BCUT2D eigenvalue weighted by Crippen LogP contribution is 2.33. The number of H-pyrrole nitrogens is 1. The van der Waals surface area contributed by atoms with Crippen molar-refractivity contribution in [3.63, 3.8) is 0 Å². The Labute approximate surface area is 225 Å². The van der Waals surface area contributed by atoms with Crippen LogP contribution in [0.2, 0.25) is 0 Å². The van der Waals surface area contributed by atoms with Crippen LogP contribution in [0.5, 0.6) is 0 Å². The average Bonchev–Trinajstić information content (AvgIpc) is 3.55. The summed E-state index contributed by atoms with van der Waals surface area (Å²) in [6.45, 7) is 7.04. The monoisotopic (exact) mass is 533 g/mol. The van der Waals surface area contributed by atoms with Crippen LogP contribution in [0.25, 0.3) is 5.82 Å². The number of methoxy groups -OCH3 is 1. The number of piperidine rings is 1. The lowest BCUT2D eigenvalue weighted by Crippen LogP contribution is -2.51. The highest BCUT2D eigenvalue weighted by atomic mass is 19.1. The molecular formula is C27H32FN9O2. The number of carbonyl (C=O) groups is 1. The molecule has 12 heteroatoms. The molecule has 5 rings (SSSR count). The number of ether oxygens (including phenoxy) is 1. The van der Waals surface area contributed by atoms with Gasteiger partial charge < -0.3 is 15.0 Å². The number of Topliss-reactive ketones (excluding diaryl/α,β-unsaturated/α-hetero) is 1. The molecule has 1 aliphatic heterocycles. The molecule has 0 amide bonds. The highest BCUT2D eigenvalue weighted by molar-refractivity contribution is 5.88. The molecule has 4 aromatic heterocycles. The summed E-state index contributed by atoms with van der Waals surface area (Å²) in [6.07, 6.45) is 5.51. The van der Waals surface area contributed by atoms with Gasteiger partial charge in [-0.1, -0.05) is 13.0 Å². The van der Waals surface area contributed by atoms with E-state index < -0.39 is 11.4 Å². The number of halogens is 1. The van der Waals surface area contributed by atoms with Gasteiger partial charge in [-0.25, -0.2) is 19.0 Å². The van der Waals surface area contributed by atoms with Gasteiger partial charge in [-0.3, -0.25) is 9.89 Å². The van der Waals surface area contributed by atoms with Crippen molar-refractivity contribution in [1.29, 1.82) is 0 Å². The predicted molar refractivity (Wildman–Crippen MR) is 144 cm³/mol. The first-order valence-electron chi connectivity index (χ1n) is 12.9. The average molecular weight is 534 g/mol. The molecule has 1 atom stereocenters. The largest absolute Gasteiger partial charge is 0.370 e. The third-order valence-corrected chi connectivity index (χ3v) is 7.17. The van der Waals surface area contributed by atoms with E-state index in [2.05, 4.69) is 40.5 Å². The standard InChI is InChI=1S/C27H32FN9O2/c1-17(20-5-6-25(29-14-20)37-16-21(28)15-30-37)11-22(38)27(39-4)7-9-36(10-8-27)26-31-18(2)12-23(33-26)32-24-13-19(3)34-35-24/h5-6,12-17H,7-11H2,1-4H3,(H2,31,32,33,34,35)/t17-/m1/s1. The molecule has 1 aliphatic rings. The predicted octanol–water partition coefficient (Wildman–Crippen LogP) is 4.03. The van der Waals surface area contributed by atoms with Crippen molar-refractivity contribution in [3.05, 3.63) is 65.6 Å². The van der Waals surface area contributed by atoms with E-state index in [4.69, 9.17) is 4.74 Å². The summed E-state index contributed by atoms with van der Waals surface area (Å²) < 4.78 is 20.5. The Balaban J connectivity index is 1.22. The second-order valence-corrected chi connectivity index (χ2v) is 10.0. The second-order valence-electron chi connectivity index (χ2n) is 10.0. The van der Waals surface area contributed by atoms with E-state index in [0.717, 1.165) is 23.1 Å². The third kappa shape index (κ3) is 5.80. The van der Waals surface area contributed by atoms with Crippen LogP contribution in [0.3, 0.4) is 0 Å². The molecule has 2 N–H and O–H groups in total. The molecule has 0 spiro atoms. The Morgan fingerprint density at radius 1 is 1.18 bits per heavy atom. The lowest BCUT2D eigenvalue weighted by Gasteiger charge is -2.40. The van der Waals surface area contributed by atoms with E-state index in [1.165, 1.54) is 10.9 Å². The summed E-state index contributed by atoms with van der Waals surface area (Å²) in [7, 11) is 1.61. The number of rotatable bonds is 9. The number of hydrogen-bond donors (Lipinski definition) is 2. The van der Waals surface area contributed by atoms with Gasteiger partial charge in [0.05, 0.1) is 12.4 Å². The summed E-state index contributed by atoms with van der Waals surface area (Å²) in [5.41, 5.74) is 1.85. The molecule has 204 valence electrons. The third-order valence-electron chi connectivity index (χ3n) is 7.17. The van der Waals surface area contributed by atoms with Gasteiger partial charge >= 0.3 is 0 Å². The molecule has 39 heavy (non-hydrogen) atoms. The zero-order valence-electron chi connectivity index (χ0n) is 22.5. The van der Waals surface area contributed by atoms with E-state index in [9.17, 15) is 9.18 Å². The topological polar surface area (TPSA) is 127 Å². The molecule has 0 bridgehead atoms. The Morgan fingerprint density at radius 3 is 2.59 bits per heavy atom. The molecule has 0 unspecified atom stereocenters. The normalized spacial score (nSPS) is 15.8. The lowest BCUT2D eigenvalue weighted by atomic mass is 9.82. The molecule has 0 aliphatic carbocycles. The van der Waals surface area contributed by atoms with Gasteiger partial charge in [-0.15, -0.1) is 0 Å². The van der Waals surface area contributed by atoms with Gasteiger partial charge in [-0.2, -0.15) is 15.2 Å². The maximum atomic E-state index is 13.5. The van der Waals surface area contributed by atoms with Crippen LogP contribution in [0.1, 0.15) is 49.1 Å². The summed E-state index contributed by atoms with van der Waals surface area (Å²) in [4.78, 5) is 29.3. The quantitative estimate of drug-likeness (QED) is 0.328. The smallest absolute Gasteiger partial charge is 0.227 e. The fourth-order valence-corrected chi connectivity index (χ4v) is 4.87. The number of ketones is 1. The number of nitrogens with zero attached hydrogens (tertiary/aromatic N) is 7. The van der Waals surface area contributed by atoms with Crippen molar-refractivity contribution in [1.82, 2.24) is 34.9 Å².